The zero-order chi connectivity index (χ0) is 29.6. The zero-order valence-corrected chi connectivity index (χ0v) is 22.5. The number of halogens is 2. The molecule has 1 aromatic heterocycles. The van der Waals surface area contributed by atoms with E-state index in [0.29, 0.717) is 50.5 Å². The molecule has 1 amide bonds. The van der Waals surface area contributed by atoms with E-state index in [2.05, 4.69) is 15.6 Å². The number of aromatic amines is 1. The van der Waals surface area contributed by atoms with Crippen LogP contribution in [0, 0.1) is 18.6 Å². The van der Waals surface area contributed by atoms with Gasteiger partial charge in [-0.15, -0.1) is 0 Å². The quantitative estimate of drug-likeness (QED) is 0.110. The van der Waals surface area contributed by atoms with Crippen LogP contribution in [0.25, 0.3) is 32.9 Å². The number of para-hydroxylation sites is 1. The number of carbonyl (C=O) groups is 2. The first-order chi connectivity index (χ1) is 19.4. The number of aldehydes is 1. The molecule has 1 atom stereocenters. The summed E-state index contributed by atoms with van der Waals surface area (Å²) >= 11 is 0. The third-order valence-electron chi connectivity index (χ3n) is 7.15. The number of hydrogen-bond donors (Lipinski definition) is 6. The van der Waals surface area contributed by atoms with E-state index in [0.717, 1.165) is 12.1 Å². The Bertz CT molecular complexity index is 1840. The molecule has 0 fully saturated rings. The fourth-order valence-corrected chi connectivity index (χ4v) is 5.06. The van der Waals surface area contributed by atoms with Crippen LogP contribution in [0.1, 0.15) is 45.7 Å². The van der Waals surface area contributed by atoms with Gasteiger partial charge in [0.1, 0.15) is 11.6 Å². The predicted octanol–water partition coefficient (Wildman–Crippen LogP) is 5.51. The zero-order valence-electron chi connectivity index (χ0n) is 22.5. The van der Waals surface area contributed by atoms with Gasteiger partial charge in [-0.1, -0.05) is 30.3 Å². The van der Waals surface area contributed by atoms with Crippen molar-refractivity contribution >= 4 is 45.4 Å². The topological polar surface area (TPSA) is 140 Å². The van der Waals surface area contributed by atoms with Gasteiger partial charge < -0.3 is 31.6 Å². The number of H-pyrrole nitrogens is 1. The molecule has 1 heterocycles. The molecule has 0 unspecified atom stereocenters. The van der Waals surface area contributed by atoms with Crippen LogP contribution in [-0.2, 0) is 5.60 Å². The second-order valence-corrected chi connectivity index (χ2v) is 10.3. The van der Waals surface area contributed by atoms with Crippen LogP contribution < -0.4 is 16.4 Å². The Labute approximate surface area is 233 Å². The van der Waals surface area contributed by atoms with Gasteiger partial charge >= 0.3 is 0 Å². The molecule has 0 aliphatic rings. The van der Waals surface area contributed by atoms with E-state index in [-0.39, 0.29) is 22.4 Å². The van der Waals surface area contributed by atoms with Crippen LogP contribution in [0.4, 0.5) is 20.2 Å². The average Bonchev–Trinajstić information content (AvgIpc) is 3.29. The van der Waals surface area contributed by atoms with Crippen molar-refractivity contribution in [2.45, 2.75) is 32.7 Å². The van der Waals surface area contributed by atoms with E-state index in [1.54, 1.807) is 57.2 Å². The smallest absolute Gasteiger partial charge is 0.250 e. The second-order valence-electron chi connectivity index (χ2n) is 10.3. The lowest BCUT2D eigenvalue weighted by molar-refractivity contribution is 0.0787. The number of carbonyl (C=O) groups excluding carboxylic acids is 2. The number of amides is 1. The molecule has 4 aromatic carbocycles. The molecule has 5 aromatic rings. The number of nitrogens with one attached hydrogen (secondary N) is 3. The summed E-state index contributed by atoms with van der Waals surface area (Å²) < 4.78 is 30.2. The first kappa shape index (κ1) is 27.8. The minimum atomic E-state index is -1.50. The van der Waals surface area contributed by atoms with Crippen LogP contribution in [0.3, 0.4) is 0 Å². The molecule has 0 aliphatic heterocycles. The lowest BCUT2D eigenvalue weighted by Crippen LogP contribution is -2.29. The average molecular weight is 559 g/mol. The molecular weight excluding hydrogens is 530 g/mol. The SMILES string of the molecule is Cc1c(N[C@H](O)Nc2c(F)cccc2C=O)cccc1-c1c(F)cc(C(N)=O)c2[nH]c3cc(C(C)(C)O)ccc3c12. The van der Waals surface area contributed by atoms with Gasteiger partial charge in [0, 0.05) is 33.1 Å². The van der Waals surface area contributed by atoms with Gasteiger partial charge in [0.05, 0.1) is 22.4 Å². The molecule has 0 bridgehead atoms. The summed E-state index contributed by atoms with van der Waals surface area (Å²) in [7, 11) is 0. The Morgan fingerprint density at radius 2 is 1.78 bits per heavy atom. The van der Waals surface area contributed by atoms with E-state index in [4.69, 9.17) is 5.73 Å². The van der Waals surface area contributed by atoms with Crippen molar-refractivity contribution in [1.82, 2.24) is 4.98 Å². The highest BCUT2D eigenvalue weighted by Crippen LogP contribution is 2.41. The Balaban J connectivity index is 1.64. The first-order valence-electron chi connectivity index (χ1n) is 12.8. The fraction of sp³-hybridized carbons (Fsp3) is 0.161. The summed E-state index contributed by atoms with van der Waals surface area (Å²) in [5.74, 6) is -2.20. The number of benzene rings is 4. The summed E-state index contributed by atoms with van der Waals surface area (Å²) in [6.45, 7) is 5.01. The summed E-state index contributed by atoms with van der Waals surface area (Å²) in [6, 6.07) is 15.3. The number of aliphatic hydroxyl groups is 2. The van der Waals surface area contributed by atoms with E-state index in [1.165, 1.54) is 12.1 Å². The van der Waals surface area contributed by atoms with Gasteiger partial charge in [0.25, 0.3) is 5.91 Å². The van der Waals surface area contributed by atoms with Crippen molar-refractivity contribution in [2.75, 3.05) is 10.6 Å². The fourth-order valence-electron chi connectivity index (χ4n) is 5.06. The maximum atomic E-state index is 15.9. The van der Waals surface area contributed by atoms with Crippen molar-refractivity contribution in [3.63, 3.8) is 0 Å². The molecule has 10 heteroatoms. The standard InChI is InChI=1S/C31H28F2N4O4/c1-15-18(7-5-9-23(15)36-30(40)37-27-16(14-38)6-4-8-21(27)32)25-22(33)13-20(29(34)39)28-26(25)19-11-10-17(31(2,3)41)12-24(19)35-28/h4-14,30,35-37,40-41H,1-3H3,(H2,34,39)/t30-/m0/s1. The second kappa shape index (κ2) is 10.3. The van der Waals surface area contributed by atoms with Crippen LogP contribution in [0.5, 0.6) is 0 Å². The Hall–Kier alpha value is -4.80. The number of nitrogens with two attached hydrogens (primary N) is 1. The molecule has 0 aliphatic carbocycles. The Morgan fingerprint density at radius 1 is 1.05 bits per heavy atom. The number of rotatable bonds is 8. The van der Waals surface area contributed by atoms with Gasteiger partial charge in [-0.2, -0.15) is 0 Å². The van der Waals surface area contributed by atoms with E-state index >= 15 is 4.39 Å². The van der Waals surface area contributed by atoms with Crippen molar-refractivity contribution in [3.05, 3.63) is 94.6 Å². The summed E-state index contributed by atoms with van der Waals surface area (Å²) in [5, 5.41) is 27.6. The largest absolute Gasteiger partial charge is 0.386 e. The number of primary amides is 1. The molecule has 41 heavy (non-hydrogen) atoms. The number of fused-ring (bicyclic) bond motifs is 3. The van der Waals surface area contributed by atoms with Crippen LogP contribution in [0.2, 0.25) is 0 Å². The summed E-state index contributed by atoms with van der Waals surface area (Å²) in [6.07, 6.45) is -1.03. The monoisotopic (exact) mass is 558 g/mol. The molecule has 8 nitrogen and oxygen atoms in total. The van der Waals surface area contributed by atoms with E-state index in [9.17, 15) is 24.2 Å². The third-order valence-corrected chi connectivity index (χ3v) is 7.15. The number of hydrogen-bond acceptors (Lipinski definition) is 6. The van der Waals surface area contributed by atoms with Crippen LogP contribution in [-0.4, -0.2) is 33.7 Å². The van der Waals surface area contributed by atoms with Crippen molar-refractivity contribution in [2.24, 2.45) is 5.73 Å². The maximum absolute atomic E-state index is 15.9. The number of aromatic nitrogens is 1. The molecule has 0 saturated heterocycles. The molecular formula is C31H28F2N4O4. The Morgan fingerprint density at radius 3 is 2.46 bits per heavy atom. The predicted molar refractivity (Wildman–Crippen MR) is 155 cm³/mol. The molecule has 210 valence electrons. The highest BCUT2D eigenvalue weighted by molar-refractivity contribution is 6.20. The molecule has 0 radical (unpaired) electrons. The lowest BCUT2D eigenvalue weighted by atomic mass is 9.91. The normalized spacial score (nSPS) is 12.5. The van der Waals surface area contributed by atoms with Gasteiger partial charge in [-0.3, -0.25) is 9.59 Å². The first-order valence-corrected chi connectivity index (χ1v) is 12.8. The van der Waals surface area contributed by atoms with Gasteiger partial charge in [-0.05, 0) is 67.8 Å². The number of aliphatic hydroxyl groups excluding tert-OH is 1. The van der Waals surface area contributed by atoms with Gasteiger partial charge in [-0.25, -0.2) is 8.78 Å². The molecule has 0 spiro atoms. The maximum Gasteiger partial charge on any atom is 0.250 e. The number of anilines is 2. The van der Waals surface area contributed by atoms with Crippen molar-refractivity contribution < 1.29 is 28.6 Å². The third kappa shape index (κ3) is 4.99. The van der Waals surface area contributed by atoms with Crippen molar-refractivity contribution in [3.8, 4) is 11.1 Å². The van der Waals surface area contributed by atoms with Crippen molar-refractivity contribution in [1.29, 1.82) is 0 Å². The summed E-state index contributed by atoms with van der Waals surface area (Å²) in [5.41, 5.74) is 7.47. The van der Waals surface area contributed by atoms with Gasteiger partial charge in [0.15, 0.2) is 6.29 Å². The Kier molecular flexibility index (Phi) is 6.98. The van der Waals surface area contributed by atoms with Gasteiger partial charge in [0.2, 0.25) is 6.35 Å². The molecule has 7 N–H and O–H groups in total. The van der Waals surface area contributed by atoms with Crippen LogP contribution >= 0.6 is 0 Å². The highest BCUT2D eigenvalue weighted by Gasteiger charge is 2.24. The summed E-state index contributed by atoms with van der Waals surface area (Å²) in [4.78, 5) is 26.8. The van der Waals surface area contributed by atoms with E-state index in [1.807, 2.05) is 0 Å². The molecule has 0 saturated carbocycles. The lowest BCUT2D eigenvalue weighted by Gasteiger charge is -2.21. The minimum Gasteiger partial charge on any atom is -0.386 e. The van der Waals surface area contributed by atoms with Crippen LogP contribution in [0.15, 0.2) is 60.7 Å². The minimum absolute atomic E-state index is 0.0234. The molecule has 5 rings (SSSR count). The van der Waals surface area contributed by atoms with E-state index < -0.39 is 29.5 Å². The highest BCUT2D eigenvalue weighted by atomic mass is 19.1.